The summed E-state index contributed by atoms with van der Waals surface area (Å²) in [5.74, 6) is 2.36. The lowest BCUT2D eigenvalue weighted by atomic mass is 10.0. The van der Waals surface area contributed by atoms with Crippen molar-refractivity contribution in [3.05, 3.63) is 41.6 Å². The largest absolute Gasteiger partial charge is 0.494 e. The Morgan fingerprint density at radius 2 is 1.95 bits per heavy atom. The van der Waals surface area contributed by atoms with E-state index in [0.717, 1.165) is 31.2 Å². The van der Waals surface area contributed by atoms with Crippen molar-refractivity contribution in [2.45, 2.75) is 45.7 Å². The minimum absolute atomic E-state index is 0.424. The first-order chi connectivity index (χ1) is 10.8. The normalized spacial score (nSPS) is 18.7. The molecule has 1 saturated heterocycles. The molecule has 1 aliphatic rings. The highest BCUT2D eigenvalue weighted by Gasteiger charge is 2.27. The van der Waals surface area contributed by atoms with Gasteiger partial charge in [0.15, 0.2) is 0 Å². The van der Waals surface area contributed by atoms with E-state index in [1.54, 1.807) is 0 Å². The van der Waals surface area contributed by atoms with Gasteiger partial charge in [-0.3, -0.25) is 4.90 Å². The lowest BCUT2D eigenvalue weighted by Crippen LogP contribution is -2.22. The Kier molecular flexibility index (Phi) is 4.73. The monoisotopic (exact) mass is 301 g/mol. The van der Waals surface area contributed by atoms with Crippen molar-refractivity contribution < 1.29 is 9.15 Å². The maximum Gasteiger partial charge on any atom is 0.230 e. The summed E-state index contributed by atoms with van der Waals surface area (Å²) in [4.78, 5) is 2.42. The second-order valence-electron chi connectivity index (χ2n) is 5.57. The fourth-order valence-electron chi connectivity index (χ4n) is 3.01. The van der Waals surface area contributed by atoms with Gasteiger partial charge in [0, 0.05) is 12.5 Å². The number of likely N-dealkylation sites (tertiary alicyclic amines) is 1. The molecule has 0 bridgehead atoms. The predicted octanol–water partition coefficient (Wildman–Crippen LogP) is 3.37. The summed E-state index contributed by atoms with van der Waals surface area (Å²) in [6.45, 7) is 6.52. The van der Waals surface area contributed by atoms with Crippen LogP contribution >= 0.6 is 0 Å². The van der Waals surface area contributed by atoms with Gasteiger partial charge in [0.2, 0.25) is 11.8 Å². The van der Waals surface area contributed by atoms with E-state index in [1.807, 2.05) is 13.8 Å². The summed E-state index contributed by atoms with van der Waals surface area (Å²) in [5, 5.41) is 8.19. The van der Waals surface area contributed by atoms with Crippen LogP contribution in [0.15, 0.2) is 28.7 Å². The highest BCUT2D eigenvalue weighted by Crippen LogP contribution is 2.33. The van der Waals surface area contributed by atoms with Crippen LogP contribution < -0.4 is 4.74 Å². The third kappa shape index (κ3) is 3.30. The summed E-state index contributed by atoms with van der Waals surface area (Å²) in [7, 11) is 0. The van der Waals surface area contributed by atoms with Gasteiger partial charge < -0.3 is 9.15 Å². The SMILES string of the molecule is CCOc1ccc(C2CCCN2Cc2nnc(CC)o2)cc1. The zero-order valence-corrected chi connectivity index (χ0v) is 13.3. The molecule has 1 aromatic heterocycles. The van der Waals surface area contributed by atoms with E-state index in [4.69, 9.17) is 9.15 Å². The van der Waals surface area contributed by atoms with Gasteiger partial charge in [0.1, 0.15) is 5.75 Å². The molecule has 1 fully saturated rings. The number of aromatic nitrogens is 2. The van der Waals surface area contributed by atoms with Crippen LogP contribution in [0, 0.1) is 0 Å². The van der Waals surface area contributed by atoms with E-state index in [-0.39, 0.29) is 0 Å². The standard InChI is InChI=1S/C17H23N3O2/c1-3-16-18-19-17(22-16)12-20-11-5-6-15(20)13-7-9-14(10-8-13)21-4-2/h7-10,15H,3-6,11-12H2,1-2H3. The van der Waals surface area contributed by atoms with Crippen LogP contribution in [-0.2, 0) is 13.0 Å². The Bertz CT molecular complexity index is 594. The molecule has 1 aromatic carbocycles. The summed E-state index contributed by atoms with van der Waals surface area (Å²) in [6.07, 6.45) is 3.16. The first-order valence-electron chi connectivity index (χ1n) is 8.08. The highest BCUT2D eigenvalue weighted by atomic mass is 16.5. The van der Waals surface area contributed by atoms with Gasteiger partial charge in [-0.1, -0.05) is 19.1 Å². The molecule has 5 nitrogen and oxygen atoms in total. The molecule has 5 heteroatoms. The average Bonchev–Trinajstić information content (AvgIpc) is 3.18. The van der Waals surface area contributed by atoms with Gasteiger partial charge in [0.05, 0.1) is 13.2 Å². The molecule has 0 amide bonds. The van der Waals surface area contributed by atoms with Crippen LogP contribution in [0.2, 0.25) is 0 Å². The first kappa shape index (κ1) is 15.0. The molecule has 118 valence electrons. The molecule has 1 atom stereocenters. The number of rotatable bonds is 6. The molecular weight excluding hydrogens is 278 g/mol. The fraction of sp³-hybridized carbons (Fsp3) is 0.529. The fourth-order valence-corrected chi connectivity index (χ4v) is 3.01. The second kappa shape index (κ2) is 6.92. The van der Waals surface area contributed by atoms with Crippen molar-refractivity contribution in [2.24, 2.45) is 0 Å². The van der Waals surface area contributed by atoms with E-state index in [2.05, 4.69) is 39.4 Å². The summed E-state index contributed by atoms with van der Waals surface area (Å²) >= 11 is 0. The van der Waals surface area contributed by atoms with Crippen molar-refractivity contribution in [3.8, 4) is 5.75 Å². The van der Waals surface area contributed by atoms with Crippen LogP contribution in [0.1, 0.15) is 50.1 Å². The molecule has 2 heterocycles. The first-order valence-corrected chi connectivity index (χ1v) is 8.08. The van der Waals surface area contributed by atoms with Crippen LogP contribution in [-0.4, -0.2) is 28.2 Å². The molecular formula is C17H23N3O2. The van der Waals surface area contributed by atoms with Crippen LogP contribution in [0.3, 0.4) is 0 Å². The smallest absolute Gasteiger partial charge is 0.230 e. The maximum atomic E-state index is 5.65. The lowest BCUT2D eigenvalue weighted by Gasteiger charge is -2.23. The van der Waals surface area contributed by atoms with Crippen LogP contribution in [0.25, 0.3) is 0 Å². The zero-order valence-electron chi connectivity index (χ0n) is 13.3. The van der Waals surface area contributed by atoms with E-state index in [1.165, 1.54) is 18.4 Å². The zero-order chi connectivity index (χ0) is 15.4. The maximum absolute atomic E-state index is 5.65. The molecule has 1 unspecified atom stereocenters. The summed E-state index contributed by atoms with van der Waals surface area (Å²) in [5.41, 5.74) is 1.33. The van der Waals surface area contributed by atoms with Crippen molar-refractivity contribution in [2.75, 3.05) is 13.2 Å². The van der Waals surface area contributed by atoms with E-state index >= 15 is 0 Å². The third-order valence-corrected chi connectivity index (χ3v) is 4.09. The molecule has 1 aliphatic heterocycles. The number of nitrogens with zero attached hydrogens (tertiary/aromatic N) is 3. The van der Waals surface area contributed by atoms with Crippen molar-refractivity contribution >= 4 is 0 Å². The second-order valence-corrected chi connectivity index (χ2v) is 5.57. The minimum Gasteiger partial charge on any atom is -0.494 e. The summed E-state index contributed by atoms with van der Waals surface area (Å²) in [6, 6.07) is 8.86. The van der Waals surface area contributed by atoms with E-state index in [0.29, 0.717) is 18.5 Å². The Hall–Kier alpha value is -1.88. The summed E-state index contributed by atoms with van der Waals surface area (Å²) < 4.78 is 11.2. The minimum atomic E-state index is 0.424. The predicted molar refractivity (Wildman–Crippen MR) is 83.7 cm³/mol. The van der Waals surface area contributed by atoms with Crippen molar-refractivity contribution in [1.29, 1.82) is 0 Å². The van der Waals surface area contributed by atoms with Gasteiger partial charge in [-0.05, 0) is 44.0 Å². The lowest BCUT2D eigenvalue weighted by molar-refractivity contribution is 0.221. The Labute approximate surface area is 131 Å². The van der Waals surface area contributed by atoms with Gasteiger partial charge in [-0.25, -0.2) is 0 Å². The topological polar surface area (TPSA) is 51.4 Å². The number of ether oxygens (including phenoxy) is 1. The number of aryl methyl sites for hydroxylation is 1. The van der Waals surface area contributed by atoms with Crippen molar-refractivity contribution in [1.82, 2.24) is 15.1 Å². The number of hydrogen-bond acceptors (Lipinski definition) is 5. The highest BCUT2D eigenvalue weighted by molar-refractivity contribution is 5.29. The number of benzene rings is 1. The Morgan fingerprint density at radius 1 is 1.18 bits per heavy atom. The van der Waals surface area contributed by atoms with E-state index in [9.17, 15) is 0 Å². The van der Waals surface area contributed by atoms with Gasteiger partial charge in [-0.15, -0.1) is 10.2 Å². The Balaban J connectivity index is 1.69. The molecule has 0 aliphatic carbocycles. The third-order valence-electron chi connectivity index (χ3n) is 4.09. The quantitative estimate of drug-likeness (QED) is 0.819. The molecule has 0 N–H and O–H groups in total. The molecule has 0 saturated carbocycles. The van der Waals surface area contributed by atoms with Crippen molar-refractivity contribution in [3.63, 3.8) is 0 Å². The van der Waals surface area contributed by atoms with Crippen LogP contribution in [0.4, 0.5) is 0 Å². The molecule has 3 rings (SSSR count). The number of hydrogen-bond donors (Lipinski definition) is 0. The average molecular weight is 301 g/mol. The molecule has 0 radical (unpaired) electrons. The Morgan fingerprint density at radius 3 is 2.64 bits per heavy atom. The molecule has 22 heavy (non-hydrogen) atoms. The van der Waals surface area contributed by atoms with Gasteiger partial charge >= 0.3 is 0 Å². The molecule has 2 aromatic rings. The van der Waals surface area contributed by atoms with E-state index < -0.39 is 0 Å². The van der Waals surface area contributed by atoms with Gasteiger partial charge in [0.25, 0.3) is 0 Å². The molecule has 0 spiro atoms. The van der Waals surface area contributed by atoms with Crippen LogP contribution in [0.5, 0.6) is 5.75 Å². The van der Waals surface area contributed by atoms with Gasteiger partial charge in [-0.2, -0.15) is 0 Å².